The molecule has 0 atom stereocenters. The van der Waals surface area contributed by atoms with Crippen molar-refractivity contribution in [3.63, 3.8) is 0 Å². The van der Waals surface area contributed by atoms with Crippen molar-refractivity contribution >= 4 is 44.4 Å². The molecule has 4 rings (SSSR count). The van der Waals surface area contributed by atoms with E-state index in [0.29, 0.717) is 18.8 Å². The summed E-state index contributed by atoms with van der Waals surface area (Å²) in [5.74, 6) is 0.860. The monoisotopic (exact) mass is 537 g/mol. The third kappa shape index (κ3) is 3.38. The molecule has 27 heavy (non-hydrogen) atoms. The van der Waals surface area contributed by atoms with Gasteiger partial charge in [0.15, 0.2) is 0 Å². The number of aromatic nitrogens is 2. The van der Waals surface area contributed by atoms with Gasteiger partial charge in [-0.2, -0.15) is 0 Å². The van der Waals surface area contributed by atoms with Crippen LogP contribution in [0.3, 0.4) is 0 Å². The van der Waals surface area contributed by atoms with Crippen LogP contribution in [0.2, 0.25) is 0 Å². The number of methoxy groups -OCH3 is 1. The summed E-state index contributed by atoms with van der Waals surface area (Å²) in [5.41, 5.74) is 3.90. The van der Waals surface area contributed by atoms with Crippen molar-refractivity contribution in [2.45, 2.75) is 13.1 Å². The summed E-state index contributed by atoms with van der Waals surface area (Å²) in [7, 11) is 1.65. The summed E-state index contributed by atoms with van der Waals surface area (Å²) >= 11 is 6.01. The summed E-state index contributed by atoms with van der Waals surface area (Å²) < 4.78 is 9.23. The number of rotatable bonds is 4. The Morgan fingerprint density at radius 1 is 1.15 bits per heavy atom. The fourth-order valence-corrected chi connectivity index (χ4v) is 5.55. The van der Waals surface area contributed by atoms with Gasteiger partial charge in [0.05, 0.1) is 15.3 Å². The number of fused-ring (bicyclic) bond motifs is 1. The highest BCUT2D eigenvalue weighted by molar-refractivity contribution is 14.1. The highest BCUT2D eigenvalue weighted by Gasteiger charge is 2.32. The molecule has 1 aromatic carbocycles. The number of hydrogen-bond donors (Lipinski definition) is 0. The molecule has 0 aliphatic carbocycles. The van der Waals surface area contributed by atoms with Crippen LogP contribution in [-0.2, 0) is 13.1 Å². The zero-order valence-corrected chi connectivity index (χ0v) is 18.4. The fourth-order valence-electron chi connectivity index (χ4n) is 3.32. The first-order chi connectivity index (χ1) is 13.1. The Morgan fingerprint density at radius 3 is 2.52 bits per heavy atom. The van der Waals surface area contributed by atoms with E-state index >= 15 is 0 Å². The lowest BCUT2D eigenvalue weighted by atomic mass is 10.1. The van der Waals surface area contributed by atoms with E-state index in [1.54, 1.807) is 19.5 Å². The number of halogens is 2. The van der Waals surface area contributed by atoms with E-state index in [1.165, 1.54) is 0 Å². The van der Waals surface area contributed by atoms with Crippen LogP contribution < -0.4 is 4.74 Å². The van der Waals surface area contributed by atoms with Gasteiger partial charge in [0, 0.05) is 37.6 Å². The smallest absolute Gasteiger partial charge is 0.272 e. The van der Waals surface area contributed by atoms with Crippen molar-refractivity contribution < 1.29 is 9.53 Å². The number of carbonyl (C=O) groups excluding carboxylic acids is 1. The molecule has 3 aromatic rings. The quantitative estimate of drug-likeness (QED) is 0.458. The predicted molar refractivity (Wildman–Crippen MR) is 116 cm³/mol. The van der Waals surface area contributed by atoms with E-state index in [1.807, 2.05) is 41.3 Å². The summed E-state index contributed by atoms with van der Waals surface area (Å²) in [6.07, 6.45) is 3.54. The maximum Gasteiger partial charge on any atom is 0.272 e. The molecule has 3 heterocycles. The normalized spacial score (nSPS) is 13.6. The van der Waals surface area contributed by atoms with Gasteiger partial charge in [-0.3, -0.25) is 9.78 Å². The lowest BCUT2D eigenvalue weighted by Gasteiger charge is -2.29. The lowest BCUT2D eigenvalue weighted by Crippen LogP contribution is -2.40. The van der Waals surface area contributed by atoms with Crippen molar-refractivity contribution in [1.82, 2.24) is 14.5 Å². The fraction of sp³-hybridized carbons (Fsp3) is 0.200. The molecule has 1 aliphatic rings. The van der Waals surface area contributed by atoms with E-state index in [9.17, 15) is 4.79 Å². The van der Waals surface area contributed by atoms with Gasteiger partial charge >= 0.3 is 0 Å². The Labute approximate surface area is 179 Å². The minimum Gasteiger partial charge on any atom is -0.497 e. The summed E-state index contributed by atoms with van der Waals surface area (Å²) in [5, 5.41) is 0. The van der Waals surface area contributed by atoms with Gasteiger partial charge in [-0.05, 0) is 73.9 Å². The van der Waals surface area contributed by atoms with Crippen molar-refractivity contribution in [1.29, 1.82) is 0 Å². The highest BCUT2D eigenvalue weighted by atomic mass is 127. The average molecular weight is 538 g/mol. The predicted octanol–water partition coefficient (Wildman–Crippen LogP) is 4.58. The van der Waals surface area contributed by atoms with E-state index in [2.05, 4.69) is 48.1 Å². The number of nitrogens with zero attached hydrogens (tertiary/aromatic N) is 3. The van der Waals surface area contributed by atoms with Crippen LogP contribution in [0, 0.1) is 3.70 Å². The maximum absolute atomic E-state index is 13.2. The molecule has 5 nitrogen and oxygen atoms in total. The molecule has 0 spiro atoms. The molecule has 0 saturated carbocycles. The number of pyridine rings is 1. The van der Waals surface area contributed by atoms with E-state index in [-0.39, 0.29) is 5.91 Å². The van der Waals surface area contributed by atoms with Crippen LogP contribution in [-0.4, -0.2) is 34.0 Å². The van der Waals surface area contributed by atoms with Crippen LogP contribution >= 0.6 is 38.5 Å². The Morgan fingerprint density at radius 2 is 1.85 bits per heavy atom. The van der Waals surface area contributed by atoms with Gasteiger partial charge in [-0.25, -0.2) is 0 Å². The molecule has 1 amide bonds. The lowest BCUT2D eigenvalue weighted by molar-refractivity contribution is 0.0688. The number of amides is 1. The first kappa shape index (κ1) is 18.5. The van der Waals surface area contributed by atoms with E-state index in [4.69, 9.17) is 4.74 Å². The zero-order chi connectivity index (χ0) is 19.0. The van der Waals surface area contributed by atoms with Gasteiger partial charge in [-0.1, -0.05) is 12.1 Å². The number of hydrogen-bond acceptors (Lipinski definition) is 3. The van der Waals surface area contributed by atoms with Gasteiger partial charge in [-0.15, -0.1) is 0 Å². The van der Waals surface area contributed by atoms with Crippen LogP contribution in [0.25, 0.3) is 11.1 Å². The molecule has 1 aliphatic heterocycles. The zero-order valence-electron chi connectivity index (χ0n) is 14.7. The van der Waals surface area contributed by atoms with Crippen molar-refractivity contribution in [2.24, 2.45) is 0 Å². The first-order valence-electron chi connectivity index (χ1n) is 8.50. The second-order valence-electron chi connectivity index (χ2n) is 6.29. The molecular formula is C20H17BrIN3O2. The second kappa shape index (κ2) is 7.63. The number of ether oxygens (including phenoxy) is 1. The second-order valence-corrected chi connectivity index (χ2v) is 8.11. The van der Waals surface area contributed by atoms with E-state index < -0.39 is 0 Å². The summed E-state index contributed by atoms with van der Waals surface area (Å²) in [4.78, 5) is 19.2. The molecule has 0 bridgehead atoms. The van der Waals surface area contributed by atoms with Gasteiger partial charge < -0.3 is 14.2 Å². The summed E-state index contributed by atoms with van der Waals surface area (Å²) in [6, 6.07) is 11.8. The third-order valence-corrected chi connectivity index (χ3v) is 6.62. The molecule has 138 valence electrons. The molecule has 0 radical (unpaired) electrons. The first-order valence-corrected chi connectivity index (χ1v) is 10.4. The van der Waals surface area contributed by atoms with Gasteiger partial charge in [0.1, 0.15) is 11.4 Å². The van der Waals surface area contributed by atoms with Crippen molar-refractivity contribution in [2.75, 3.05) is 13.7 Å². The standard InChI is InChI=1S/C20H17BrIN3O2/c1-27-15-4-2-13(3-5-15)12-24-10-11-25-18(20(24)26)17(21)16(19(25)22)14-6-8-23-9-7-14/h2-9H,10-12H2,1H3. The largest absolute Gasteiger partial charge is 0.497 e. The molecule has 7 heteroatoms. The number of carbonyl (C=O) groups is 1. The van der Waals surface area contributed by atoms with Gasteiger partial charge in [0.25, 0.3) is 5.91 Å². The SMILES string of the molecule is COc1ccc(CN2CCn3c(I)c(-c4ccncc4)c(Br)c3C2=O)cc1. The maximum atomic E-state index is 13.2. The van der Waals surface area contributed by atoms with Crippen LogP contribution in [0.1, 0.15) is 16.1 Å². The van der Waals surface area contributed by atoms with Crippen molar-refractivity contribution in [3.8, 4) is 16.9 Å². The topological polar surface area (TPSA) is 47.4 Å². The third-order valence-electron chi connectivity index (χ3n) is 4.73. The Balaban J connectivity index is 1.66. The van der Waals surface area contributed by atoms with Crippen LogP contribution in [0.5, 0.6) is 5.75 Å². The van der Waals surface area contributed by atoms with E-state index in [0.717, 1.165) is 37.2 Å². The Kier molecular flexibility index (Phi) is 5.23. The summed E-state index contributed by atoms with van der Waals surface area (Å²) in [6.45, 7) is 2.05. The van der Waals surface area contributed by atoms with Crippen molar-refractivity contribution in [3.05, 3.63) is 68.2 Å². The molecule has 0 saturated heterocycles. The molecule has 0 N–H and O–H groups in total. The molecule has 0 unspecified atom stereocenters. The van der Waals surface area contributed by atoms with Gasteiger partial charge in [0.2, 0.25) is 0 Å². The molecule has 2 aromatic heterocycles. The Hall–Kier alpha value is -1.87. The average Bonchev–Trinajstić information content (AvgIpc) is 2.96. The highest BCUT2D eigenvalue weighted by Crippen LogP contribution is 2.39. The molecular weight excluding hydrogens is 521 g/mol. The minimum absolute atomic E-state index is 0.0437. The van der Waals surface area contributed by atoms with Crippen LogP contribution in [0.15, 0.2) is 53.3 Å². The van der Waals surface area contributed by atoms with Crippen LogP contribution in [0.4, 0.5) is 0 Å². The Bertz CT molecular complexity index is 987. The minimum atomic E-state index is 0.0437. The number of benzene rings is 1. The molecule has 0 fully saturated rings.